The summed E-state index contributed by atoms with van der Waals surface area (Å²) in [5.41, 5.74) is 0.884. The number of ether oxygens (including phenoxy) is 2. The van der Waals surface area contributed by atoms with Crippen LogP contribution in [-0.4, -0.2) is 32.2 Å². The second-order valence-electron chi connectivity index (χ2n) is 3.91. The molecule has 0 bridgehead atoms. The van der Waals surface area contributed by atoms with Crippen LogP contribution in [0.15, 0.2) is 18.2 Å². The van der Waals surface area contributed by atoms with E-state index >= 15 is 0 Å². The highest BCUT2D eigenvalue weighted by Crippen LogP contribution is 2.28. The number of nitrogens with one attached hydrogen (secondary N) is 2. The molecule has 6 heteroatoms. The van der Waals surface area contributed by atoms with Crippen LogP contribution >= 0.6 is 0 Å². The molecule has 0 radical (unpaired) electrons. The minimum absolute atomic E-state index is 0.310. The average Bonchev–Trinajstić information content (AvgIpc) is 2.67. The highest BCUT2D eigenvalue weighted by atomic mass is 16.5. The zero-order valence-electron chi connectivity index (χ0n) is 10.1. The van der Waals surface area contributed by atoms with Gasteiger partial charge in [0.1, 0.15) is 6.04 Å². The predicted octanol–water partition coefficient (Wildman–Crippen LogP) is 0.454. The topological polar surface area (TPSA) is 76.7 Å². The Morgan fingerprint density at radius 2 is 1.89 bits per heavy atom. The van der Waals surface area contributed by atoms with Gasteiger partial charge in [0, 0.05) is 6.42 Å². The van der Waals surface area contributed by atoms with Crippen LogP contribution in [0.25, 0.3) is 0 Å². The number of methoxy groups -OCH3 is 2. The van der Waals surface area contributed by atoms with Crippen molar-refractivity contribution in [2.24, 2.45) is 0 Å². The van der Waals surface area contributed by atoms with Crippen LogP contribution in [0.1, 0.15) is 5.56 Å². The van der Waals surface area contributed by atoms with Gasteiger partial charge in [-0.05, 0) is 17.7 Å². The Kier molecular flexibility index (Phi) is 3.36. The van der Waals surface area contributed by atoms with Crippen LogP contribution in [0.2, 0.25) is 0 Å². The fraction of sp³-hybridized carbons (Fsp3) is 0.333. The van der Waals surface area contributed by atoms with Crippen LogP contribution in [0.5, 0.6) is 11.5 Å². The van der Waals surface area contributed by atoms with Gasteiger partial charge in [0.25, 0.3) is 5.91 Å². The Hall–Kier alpha value is -2.24. The maximum absolute atomic E-state index is 11.4. The molecule has 2 rings (SSSR count). The second-order valence-corrected chi connectivity index (χ2v) is 3.91. The molecule has 1 heterocycles. The molecule has 2 N–H and O–H groups in total. The normalized spacial score (nSPS) is 18.2. The average molecular weight is 250 g/mol. The van der Waals surface area contributed by atoms with Crippen molar-refractivity contribution in [3.63, 3.8) is 0 Å². The highest BCUT2D eigenvalue weighted by molar-refractivity contribution is 6.04. The summed E-state index contributed by atoms with van der Waals surface area (Å²) in [7, 11) is 3.11. The quantitative estimate of drug-likeness (QED) is 0.761. The van der Waals surface area contributed by atoms with E-state index in [9.17, 15) is 9.59 Å². The summed E-state index contributed by atoms with van der Waals surface area (Å²) < 4.78 is 10.3. The number of amides is 3. The summed E-state index contributed by atoms with van der Waals surface area (Å²) in [6, 6.07) is 4.40. The minimum Gasteiger partial charge on any atom is -0.493 e. The first-order chi connectivity index (χ1) is 8.63. The van der Waals surface area contributed by atoms with Crippen molar-refractivity contribution in [2.75, 3.05) is 14.2 Å². The first kappa shape index (κ1) is 12.2. The van der Waals surface area contributed by atoms with Gasteiger partial charge in [0.2, 0.25) is 0 Å². The molecule has 0 aromatic heterocycles. The molecule has 1 aliphatic heterocycles. The molecular weight excluding hydrogens is 236 g/mol. The molecule has 18 heavy (non-hydrogen) atoms. The molecule has 0 spiro atoms. The lowest BCUT2D eigenvalue weighted by Gasteiger charge is -2.11. The molecule has 1 aromatic carbocycles. The van der Waals surface area contributed by atoms with Crippen LogP contribution in [-0.2, 0) is 11.2 Å². The molecule has 6 nitrogen and oxygen atoms in total. The summed E-state index contributed by atoms with van der Waals surface area (Å²) >= 11 is 0. The van der Waals surface area contributed by atoms with Crippen molar-refractivity contribution in [1.82, 2.24) is 10.6 Å². The molecule has 1 atom stereocenters. The number of hydrogen-bond acceptors (Lipinski definition) is 4. The fourth-order valence-electron chi connectivity index (χ4n) is 1.85. The van der Waals surface area contributed by atoms with Crippen molar-refractivity contribution >= 4 is 11.9 Å². The molecule has 1 aliphatic rings. The molecule has 1 saturated heterocycles. The standard InChI is InChI=1S/C12H14N2O4/c1-17-9-4-3-7(6-10(9)18-2)5-8-11(15)14-12(16)13-8/h3-4,6,8H,5H2,1-2H3,(H2,13,14,15,16). The molecule has 96 valence electrons. The number of urea groups is 1. The number of carbonyl (C=O) groups is 2. The van der Waals surface area contributed by atoms with E-state index in [0.29, 0.717) is 17.9 Å². The number of hydrogen-bond donors (Lipinski definition) is 2. The maximum Gasteiger partial charge on any atom is 0.322 e. The lowest BCUT2D eigenvalue weighted by molar-refractivity contribution is -0.120. The Labute approximate surface area is 104 Å². The monoisotopic (exact) mass is 250 g/mol. The molecular formula is C12H14N2O4. The van der Waals surface area contributed by atoms with Crippen LogP contribution < -0.4 is 20.1 Å². The lowest BCUT2D eigenvalue weighted by atomic mass is 10.1. The summed E-state index contributed by atoms with van der Waals surface area (Å²) in [6.45, 7) is 0. The van der Waals surface area contributed by atoms with Gasteiger partial charge in [0.05, 0.1) is 14.2 Å². The zero-order valence-corrected chi connectivity index (χ0v) is 10.1. The number of carbonyl (C=O) groups excluding carboxylic acids is 2. The van der Waals surface area contributed by atoms with Crippen LogP contribution in [0.4, 0.5) is 4.79 Å². The first-order valence-electron chi connectivity index (χ1n) is 5.46. The molecule has 0 aliphatic carbocycles. The second kappa shape index (κ2) is 4.95. The largest absolute Gasteiger partial charge is 0.493 e. The third-order valence-electron chi connectivity index (χ3n) is 2.75. The van der Waals surface area contributed by atoms with E-state index in [4.69, 9.17) is 9.47 Å². The zero-order chi connectivity index (χ0) is 13.1. The van der Waals surface area contributed by atoms with Gasteiger partial charge in [-0.15, -0.1) is 0 Å². The summed E-state index contributed by atoms with van der Waals surface area (Å²) in [5, 5.41) is 4.74. The van der Waals surface area contributed by atoms with Crippen molar-refractivity contribution in [2.45, 2.75) is 12.5 Å². The lowest BCUT2D eigenvalue weighted by Crippen LogP contribution is -2.31. The van der Waals surface area contributed by atoms with Crippen molar-refractivity contribution < 1.29 is 19.1 Å². The Morgan fingerprint density at radius 1 is 1.17 bits per heavy atom. The van der Waals surface area contributed by atoms with Crippen molar-refractivity contribution in [3.05, 3.63) is 23.8 Å². The van der Waals surface area contributed by atoms with Gasteiger partial charge in [-0.25, -0.2) is 4.79 Å². The predicted molar refractivity (Wildman–Crippen MR) is 63.7 cm³/mol. The third kappa shape index (κ3) is 2.37. The number of benzene rings is 1. The van der Waals surface area contributed by atoms with Gasteiger partial charge in [-0.2, -0.15) is 0 Å². The number of rotatable bonds is 4. The Morgan fingerprint density at radius 3 is 2.44 bits per heavy atom. The maximum atomic E-state index is 11.4. The van der Waals surface area contributed by atoms with Gasteiger partial charge < -0.3 is 14.8 Å². The summed E-state index contributed by atoms with van der Waals surface area (Å²) in [5.74, 6) is 0.913. The van der Waals surface area contributed by atoms with E-state index < -0.39 is 12.1 Å². The SMILES string of the molecule is COc1ccc(CC2NC(=O)NC2=O)cc1OC. The van der Waals surface area contributed by atoms with Crippen LogP contribution in [0.3, 0.4) is 0 Å². The van der Waals surface area contributed by atoms with E-state index in [1.54, 1.807) is 26.4 Å². The molecule has 0 saturated carbocycles. The van der Waals surface area contributed by atoms with Gasteiger partial charge in [-0.3, -0.25) is 10.1 Å². The number of imide groups is 1. The van der Waals surface area contributed by atoms with Gasteiger partial charge in [-0.1, -0.05) is 6.07 Å². The molecule has 1 fully saturated rings. The summed E-state index contributed by atoms with van der Waals surface area (Å²) in [6.07, 6.45) is 0.415. The van der Waals surface area contributed by atoms with Crippen molar-refractivity contribution in [1.29, 1.82) is 0 Å². The van der Waals surface area contributed by atoms with E-state index in [1.165, 1.54) is 0 Å². The van der Waals surface area contributed by atoms with Gasteiger partial charge in [0.15, 0.2) is 11.5 Å². The van der Waals surface area contributed by atoms with E-state index in [0.717, 1.165) is 5.56 Å². The van der Waals surface area contributed by atoms with Crippen LogP contribution in [0, 0.1) is 0 Å². The third-order valence-corrected chi connectivity index (χ3v) is 2.75. The summed E-state index contributed by atoms with van der Waals surface area (Å²) in [4.78, 5) is 22.4. The van der Waals surface area contributed by atoms with E-state index in [2.05, 4.69) is 10.6 Å². The fourth-order valence-corrected chi connectivity index (χ4v) is 1.85. The minimum atomic E-state index is -0.532. The van der Waals surface area contributed by atoms with Crippen molar-refractivity contribution in [3.8, 4) is 11.5 Å². The van der Waals surface area contributed by atoms with E-state index in [1.807, 2.05) is 6.07 Å². The smallest absolute Gasteiger partial charge is 0.322 e. The first-order valence-corrected chi connectivity index (χ1v) is 5.46. The van der Waals surface area contributed by atoms with Gasteiger partial charge >= 0.3 is 6.03 Å². The highest BCUT2D eigenvalue weighted by Gasteiger charge is 2.29. The molecule has 3 amide bonds. The van der Waals surface area contributed by atoms with E-state index in [-0.39, 0.29) is 5.91 Å². The Bertz CT molecular complexity index is 487. The Balaban J connectivity index is 2.14. The molecule has 1 aromatic rings. The molecule has 1 unspecified atom stereocenters.